The molecule has 2 unspecified atom stereocenters. The van der Waals surface area contributed by atoms with Gasteiger partial charge in [-0.1, -0.05) is 158 Å². The van der Waals surface area contributed by atoms with Crippen LogP contribution in [0.1, 0.15) is 103 Å². The van der Waals surface area contributed by atoms with Crippen molar-refractivity contribution >= 4 is 100 Å². The van der Waals surface area contributed by atoms with Crippen molar-refractivity contribution in [2.45, 2.75) is 110 Å². The number of hydrogen-bond acceptors (Lipinski definition) is 4. The number of benzene rings is 8. The number of nitrogens with zero attached hydrogens (tertiary/aromatic N) is 3. The van der Waals surface area contributed by atoms with Gasteiger partial charge in [-0.25, -0.2) is 0 Å². The molecule has 9 aromatic rings. The van der Waals surface area contributed by atoms with Crippen LogP contribution < -0.4 is 31.1 Å². The maximum Gasteiger partial charge on any atom is 0.252 e. The third-order valence-corrected chi connectivity index (χ3v) is 18.3. The minimum absolute atomic E-state index is 0.00271. The Kier molecular flexibility index (Phi) is 9.45. The molecule has 4 aliphatic rings. The van der Waals surface area contributed by atoms with E-state index in [0.29, 0.717) is 0 Å². The summed E-state index contributed by atoms with van der Waals surface area (Å²) >= 11 is 1.90. The molecule has 1 aromatic heterocycles. The van der Waals surface area contributed by atoms with Gasteiger partial charge in [0, 0.05) is 71.0 Å². The van der Waals surface area contributed by atoms with E-state index in [2.05, 4.69) is 241 Å². The van der Waals surface area contributed by atoms with E-state index in [0.717, 1.165) is 6.42 Å². The van der Waals surface area contributed by atoms with Crippen LogP contribution in [0, 0.1) is 6.92 Å². The lowest BCUT2D eigenvalue weighted by atomic mass is 9.33. The quantitative estimate of drug-likeness (QED) is 0.163. The highest BCUT2D eigenvalue weighted by atomic mass is 32.1. The summed E-state index contributed by atoms with van der Waals surface area (Å²) < 4.78 is 2.64. The molecule has 3 aliphatic heterocycles. The number of thiophene rings is 1. The van der Waals surface area contributed by atoms with Crippen molar-refractivity contribution < 1.29 is 0 Å². The van der Waals surface area contributed by atoms with Gasteiger partial charge in [0.25, 0.3) is 6.71 Å². The molecule has 0 saturated heterocycles. The SMILES string of the molecule is Cc1cc2c3c(c1)N(c1ccc(C(C)(C)C)cc1-c1ccccc1)c1cc(N4c5ccccc5C5(C)CCCCC45C)ccc1B3c1cc(C(C)(C)C)ccc1N2c1ccc2c(c1)sc1ccccc12. The molecule has 4 heterocycles. The van der Waals surface area contributed by atoms with E-state index in [1.54, 1.807) is 0 Å². The van der Waals surface area contributed by atoms with E-state index in [-0.39, 0.29) is 28.5 Å². The number of fused-ring (bicyclic) bond motifs is 10. The number of anilines is 8. The number of hydrogen-bond donors (Lipinski definition) is 0. The third kappa shape index (κ3) is 6.26. The normalized spacial score (nSPS) is 19.3. The Balaban J connectivity index is 1.12. The summed E-state index contributed by atoms with van der Waals surface area (Å²) in [6.07, 6.45) is 4.87. The minimum atomic E-state index is -0.0665. The molecule has 346 valence electrons. The molecular formula is C65H62BN3S. The molecule has 13 rings (SSSR count). The highest BCUT2D eigenvalue weighted by Gasteiger charge is 2.58. The van der Waals surface area contributed by atoms with Crippen LogP contribution in [0.5, 0.6) is 0 Å². The van der Waals surface area contributed by atoms with E-state index in [1.165, 1.54) is 135 Å². The molecule has 0 N–H and O–H groups in total. The van der Waals surface area contributed by atoms with Gasteiger partial charge in [-0.2, -0.15) is 0 Å². The van der Waals surface area contributed by atoms with Crippen molar-refractivity contribution in [1.82, 2.24) is 0 Å². The van der Waals surface area contributed by atoms with Crippen molar-refractivity contribution in [2.24, 2.45) is 0 Å². The predicted octanol–water partition coefficient (Wildman–Crippen LogP) is 16.4. The predicted molar refractivity (Wildman–Crippen MR) is 304 cm³/mol. The van der Waals surface area contributed by atoms with Gasteiger partial charge in [0.15, 0.2) is 0 Å². The lowest BCUT2D eigenvalue weighted by Crippen LogP contribution is -2.61. The first-order chi connectivity index (χ1) is 33.6. The Morgan fingerprint density at radius 3 is 1.94 bits per heavy atom. The number of para-hydroxylation sites is 1. The fourth-order valence-electron chi connectivity index (χ4n) is 13.3. The van der Waals surface area contributed by atoms with Gasteiger partial charge < -0.3 is 14.7 Å². The Hall–Kier alpha value is -6.56. The first-order valence-electron chi connectivity index (χ1n) is 25.7. The van der Waals surface area contributed by atoms with Crippen LogP contribution >= 0.6 is 11.3 Å². The molecule has 0 radical (unpaired) electrons. The summed E-state index contributed by atoms with van der Waals surface area (Å²) in [6, 6.07) is 63.7. The summed E-state index contributed by atoms with van der Waals surface area (Å²) in [5.41, 5.74) is 21.9. The summed E-state index contributed by atoms with van der Waals surface area (Å²) in [6.45, 7) is 21.5. The molecule has 70 heavy (non-hydrogen) atoms. The minimum Gasteiger partial charge on any atom is -0.334 e. The zero-order valence-electron chi connectivity index (χ0n) is 42.2. The molecular weight excluding hydrogens is 866 g/mol. The Labute approximate surface area is 419 Å². The van der Waals surface area contributed by atoms with Crippen LogP contribution in [0.25, 0.3) is 31.3 Å². The molecule has 5 heteroatoms. The molecule has 1 saturated carbocycles. The van der Waals surface area contributed by atoms with Gasteiger partial charge in [-0.15, -0.1) is 11.3 Å². The van der Waals surface area contributed by atoms with Crippen molar-refractivity contribution in [3.05, 3.63) is 186 Å². The molecule has 3 nitrogen and oxygen atoms in total. The molecule has 2 atom stereocenters. The van der Waals surface area contributed by atoms with Crippen LogP contribution in [0.3, 0.4) is 0 Å². The Bertz CT molecular complexity index is 3610. The van der Waals surface area contributed by atoms with E-state index >= 15 is 0 Å². The van der Waals surface area contributed by atoms with Gasteiger partial charge >= 0.3 is 0 Å². The maximum absolute atomic E-state index is 2.76. The summed E-state index contributed by atoms with van der Waals surface area (Å²) in [7, 11) is 0. The summed E-state index contributed by atoms with van der Waals surface area (Å²) in [5, 5.41) is 2.65. The van der Waals surface area contributed by atoms with Crippen LogP contribution in [0.2, 0.25) is 0 Å². The molecule has 0 spiro atoms. The lowest BCUT2D eigenvalue weighted by molar-refractivity contribution is 0.195. The average molecular weight is 928 g/mol. The summed E-state index contributed by atoms with van der Waals surface area (Å²) in [4.78, 5) is 8.03. The van der Waals surface area contributed by atoms with Crippen molar-refractivity contribution in [2.75, 3.05) is 14.7 Å². The van der Waals surface area contributed by atoms with Gasteiger partial charge in [0.2, 0.25) is 0 Å². The van der Waals surface area contributed by atoms with Crippen LogP contribution in [0.4, 0.5) is 45.5 Å². The highest BCUT2D eigenvalue weighted by molar-refractivity contribution is 7.25. The molecule has 1 fully saturated rings. The van der Waals surface area contributed by atoms with Crippen molar-refractivity contribution in [3.8, 4) is 11.1 Å². The van der Waals surface area contributed by atoms with Crippen molar-refractivity contribution in [3.63, 3.8) is 0 Å². The number of rotatable bonds is 4. The van der Waals surface area contributed by atoms with E-state index in [1.807, 2.05) is 11.3 Å². The second-order valence-corrected chi connectivity index (χ2v) is 24.5. The largest absolute Gasteiger partial charge is 0.334 e. The average Bonchev–Trinajstić information content (AvgIpc) is 3.82. The van der Waals surface area contributed by atoms with Crippen LogP contribution in [0.15, 0.2) is 164 Å². The number of aryl methyl sites for hydroxylation is 1. The molecule has 1 aliphatic carbocycles. The van der Waals surface area contributed by atoms with E-state index in [4.69, 9.17) is 0 Å². The zero-order valence-corrected chi connectivity index (χ0v) is 43.1. The van der Waals surface area contributed by atoms with Gasteiger partial charge in [0.1, 0.15) is 0 Å². The maximum atomic E-state index is 2.76. The first kappa shape index (κ1) is 43.5. The monoisotopic (exact) mass is 927 g/mol. The first-order valence-corrected chi connectivity index (χ1v) is 26.5. The second-order valence-electron chi connectivity index (χ2n) is 23.4. The Morgan fingerprint density at radius 1 is 0.500 bits per heavy atom. The second kappa shape index (κ2) is 15.2. The van der Waals surface area contributed by atoms with E-state index < -0.39 is 0 Å². The van der Waals surface area contributed by atoms with Crippen LogP contribution in [-0.2, 0) is 16.2 Å². The van der Waals surface area contributed by atoms with Crippen LogP contribution in [-0.4, -0.2) is 12.3 Å². The molecule has 0 amide bonds. The molecule has 0 bridgehead atoms. The highest BCUT2D eigenvalue weighted by Crippen LogP contribution is 2.61. The standard InChI is InChI=1S/C65H62BN3S/c1-41-35-57-61-58(36-41)68(53-31-25-43(62(2,3)4)37-49(53)42-19-11-10-12-20-42)56-39-46(69-54-23-15-14-22-50(54)64(8)33-17-18-34-65(64,69)9)28-30-51(56)66(61)52-38-44(63(5,6)7)26-32-55(52)67(57)45-27-29-48-47-21-13-16-24-59(47)70-60(48)40-45/h10-16,19-32,35-40H,17-18,33-34H2,1-9H3. The topological polar surface area (TPSA) is 9.72 Å². The van der Waals surface area contributed by atoms with E-state index in [9.17, 15) is 0 Å². The van der Waals surface area contributed by atoms with Crippen molar-refractivity contribution in [1.29, 1.82) is 0 Å². The van der Waals surface area contributed by atoms with Gasteiger partial charge in [0.05, 0.1) is 11.2 Å². The zero-order chi connectivity index (χ0) is 48.1. The van der Waals surface area contributed by atoms with Gasteiger partial charge in [-0.3, -0.25) is 0 Å². The third-order valence-electron chi connectivity index (χ3n) is 17.1. The fraction of sp³-hybridized carbons (Fsp3) is 0.262. The van der Waals surface area contributed by atoms with Gasteiger partial charge in [-0.05, 0) is 148 Å². The summed E-state index contributed by atoms with van der Waals surface area (Å²) in [5.74, 6) is 0. The fourth-order valence-corrected chi connectivity index (χ4v) is 14.4. The lowest BCUT2D eigenvalue weighted by Gasteiger charge is -2.50. The Morgan fingerprint density at radius 2 is 1.16 bits per heavy atom. The molecule has 8 aromatic carbocycles. The smallest absolute Gasteiger partial charge is 0.252 e.